The molecule has 0 fully saturated rings. The molecule has 0 radical (unpaired) electrons. The van der Waals surface area contributed by atoms with Crippen LogP contribution in [-0.4, -0.2) is 29.2 Å². The number of hydrogen-bond acceptors (Lipinski definition) is 4. The molecule has 1 atom stereocenters. The minimum Gasteiger partial charge on any atom is -0.448 e. The van der Waals surface area contributed by atoms with Gasteiger partial charge in [0.1, 0.15) is 6.61 Å². The monoisotopic (exact) mass is 264 g/mol. The van der Waals surface area contributed by atoms with Crippen molar-refractivity contribution in [3.05, 3.63) is 34.2 Å². The molecule has 7 nitrogen and oxygen atoms in total. The van der Waals surface area contributed by atoms with Crippen LogP contribution < -0.4 is 16.7 Å². The highest BCUT2D eigenvalue weighted by molar-refractivity contribution is 5.75. The Morgan fingerprint density at radius 1 is 1.42 bits per heavy atom. The topological polar surface area (TPSA) is 113 Å². The first kappa shape index (κ1) is 13.2. The van der Waals surface area contributed by atoms with E-state index in [1.165, 1.54) is 0 Å². The van der Waals surface area contributed by atoms with Gasteiger partial charge in [-0.2, -0.15) is 0 Å². The number of hydrogen-bond donors (Lipinski definition) is 4. The molecule has 102 valence electrons. The Hall–Kier alpha value is -2.28. The number of aromatic amines is 2. The third-order valence-electron chi connectivity index (χ3n) is 2.84. The molecule has 0 spiro atoms. The summed E-state index contributed by atoms with van der Waals surface area (Å²) in [5, 5.41) is 3.19. The molecule has 1 unspecified atom stereocenters. The van der Waals surface area contributed by atoms with E-state index in [2.05, 4.69) is 20.0 Å². The van der Waals surface area contributed by atoms with E-state index in [1.54, 1.807) is 0 Å². The maximum absolute atomic E-state index is 11.2. The number of ether oxygens (including phenoxy) is 1. The van der Waals surface area contributed by atoms with Gasteiger partial charge in [-0.1, -0.05) is 6.07 Å². The second-order valence-electron chi connectivity index (χ2n) is 4.23. The van der Waals surface area contributed by atoms with Crippen molar-refractivity contribution in [2.75, 3.05) is 13.2 Å². The smallest absolute Gasteiger partial charge is 0.404 e. The van der Waals surface area contributed by atoms with Gasteiger partial charge in [-0.3, -0.25) is 0 Å². The Kier molecular flexibility index (Phi) is 3.86. The van der Waals surface area contributed by atoms with Crippen LogP contribution in [0.5, 0.6) is 0 Å². The van der Waals surface area contributed by atoms with Crippen molar-refractivity contribution < 1.29 is 9.53 Å². The summed E-state index contributed by atoms with van der Waals surface area (Å²) < 4.78 is 4.63. The quantitative estimate of drug-likeness (QED) is 0.592. The number of imidazole rings is 1. The highest BCUT2D eigenvalue weighted by atomic mass is 16.5. The highest BCUT2D eigenvalue weighted by Gasteiger charge is 2.07. The summed E-state index contributed by atoms with van der Waals surface area (Å²) in [6, 6.07) is 5.75. The molecule has 1 aromatic heterocycles. The molecule has 1 amide bonds. The molecule has 5 N–H and O–H groups in total. The van der Waals surface area contributed by atoms with Gasteiger partial charge in [0.05, 0.1) is 11.0 Å². The Morgan fingerprint density at radius 2 is 2.16 bits per heavy atom. The number of fused-ring (bicyclic) bond motifs is 1. The van der Waals surface area contributed by atoms with Gasteiger partial charge < -0.3 is 25.8 Å². The van der Waals surface area contributed by atoms with Gasteiger partial charge in [-0.15, -0.1) is 0 Å². The molecule has 0 aliphatic carbocycles. The summed E-state index contributed by atoms with van der Waals surface area (Å²) in [5.74, 6) is 0. The van der Waals surface area contributed by atoms with Crippen LogP contribution in [0, 0.1) is 0 Å². The molecule has 19 heavy (non-hydrogen) atoms. The van der Waals surface area contributed by atoms with Crippen molar-refractivity contribution in [2.24, 2.45) is 5.73 Å². The van der Waals surface area contributed by atoms with Crippen LogP contribution in [0.15, 0.2) is 23.0 Å². The number of primary amides is 1. The largest absolute Gasteiger partial charge is 0.448 e. The van der Waals surface area contributed by atoms with Crippen LogP contribution in [-0.2, 0) is 4.74 Å². The average molecular weight is 264 g/mol. The van der Waals surface area contributed by atoms with E-state index in [1.807, 2.05) is 25.1 Å². The Labute approximate surface area is 109 Å². The van der Waals surface area contributed by atoms with Crippen LogP contribution in [0.2, 0.25) is 0 Å². The standard InChI is InChI=1S/C12H16N4O3/c1-7(14-4-5-19-11(13)17)8-2-3-9-10(6-8)16-12(18)15-9/h2-3,6-7,14H,4-5H2,1H3,(H2,13,17)(H2,15,16,18). The van der Waals surface area contributed by atoms with E-state index in [4.69, 9.17) is 5.73 Å². The average Bonchev–Trinajstić information content (AvgIpc) is 2.73. The van der Waals surface area contributed by atoms with E-state index in [-0.39, 0.29) is 18.3 Å². The molecule has 0 aliphatic rings. The maximum atomic E-state index is 11.2. The van der Waals surface area contributed by atoms with Gasteiger partial charge in [0.2, 0.25) is 0 Å². The molecule has 2 rings (SSSR count). The van der Waals surface area contributed by atoms with Crippen molar-refractivity contribution in [2.45, 2.75) is 13.0 Å². The lowest BCUT2D eigenvalue weighted by Crippen LogP contribution is -2.25. The van der Waals surface area contributed by atoms with Crippen molar-refractivity contribution in [1.82, 2.24) is 15.3 Å². The van der Waals surface area contributed by atoms with E-state index < -0.39 is 6.09 Å². The highest BCUT2D eigenvalue weighted by Crippen LogP contribution is 2.16. The first-order valence-electron chi connectivity index (χ1n) is 5.94. The third kappa shape index (κ3) is 3.35. The van der Waals surface area contributed by atoms with E-state index in [0.717, 1.165) is 16.6 Å². The molecule has 2 aromatic rings. The number of benzene rings is 1. The van der Waals surface area contributed by atoms with Crippen LogP contribution in [0.25, 0.3) is 11.0 Å². The molecule has 1 aromatic carbocycles. The minimum atomic E-state index is -0.777. The Morgan fingerprint density at radius 3 is 2.89 bits per heavy atom. The summed E-state index contributed by atoms with van der Waals surface area (Å²) in [5.41, 5.74) is 7.21. The lowest BCUT2D eigenvalue weighted by atomic mass is 10.1. The zero-order valence-electron chi connectivity index (χ0n) is 10.5. The number of aromatic nitrogens is 2. The van der Waals surface area contributed by atoms with Crippen LogP contribution >= 0.6 is 0 Å². The van der Waals surface area contributed by atoms with Gasteiger partial charge in [-0.05, 0) is 24.6 Å². The number of H-pyrrole nitrogens is 2. The molecule has 0 saturated carbocycles. The molecule has 1 heterocycles. The van der Waals surface area contributed by atoms with Crippen LogP contribution in [0.4, 0.5) is 4.79 Å². The fourth-order valence-electron chi connectivity index (χ4n) is 1.86. The van der Waals surface area contributed by atoms with Gasteiger partial charge in [-0.25, -0.2) is 9.59 Å². The van der Waals surface area contributed by atoms with Gasteiger partial charge in [0.15, 0.2) is 0 Å². The van der Waals surface area contributed by atoms with E-state index >= 15 is 0 Å². The zero-order valence-corrected chi connectivity index (χ0v) is 10.5. The second kappa shape index (κ2) is 5.57. The number of carbonyl (C=O) groups excluding carboxylic acids is 1. The Bertz CT molecular complexity index is 631. The van der Waals surface area contributed by atoms with Gasteiger partial charge in [0.25, 0.3) is 0 Å². The molecule has 0 bridgehead atoms. The normalized spacial score (nSPS) is 12.5. The predicted molar refractivity (Wildman–Crippen MR) is 70.9 cm³/mol. The summed E-state index contributed by atoms with van der Waals surface area (Å²) >= 11 is 0. The van der Waals surface area contributed by atoms with Crippen molar-refractivity contribution in [3.8, 4) is 0 Å². The predicted octanol–water partition coefficient (Wildman–Crippen LogP) is 0.602. The fraction of sp³-hybridized carbons (Fsp3) is 0.333. The minimum absolute atomic E-state index is 0.0688. The first-order chi connectivity index (χ1) is 9.06. The van der Waals surface area contributed by atoms with Crippen LogP contribution in [0.3, 0.4) is 0 Å². The summed E-state index contributed by atoms with van der Waals surface area (Å²) in [7, 11) is 0. The molecular formula is C12H16N4O3. The van der Waals surface area contributed by atoms with Crippen LogP contribution in [0.1, 0.15) is 18.5 Å². The maximum Gasteiger partial charge on any atom is 0.404 e. The molecule has 0 aliphatic heterocycles. The first-order valence-corrected chi connectivity index (χ1v) is 5.94. The van der Waals surface area contributed by atoms with Gasteiger partial charge >= 0.3 is 11.8 Å². The third-order valence-corrected chi connectivity index (χ3v) is 2.84. The van der Waals surface area contributed by atoms with Crippen molar-refractivity contribution >= 4 is 17.1 Å². The molecule has 0 saturated heterocycles. The molecule has 7 heteroatoms. The number of nitrogens with one attached hydrogen (secondary N) is 3. The fourth-order valence-corrected chi connectivity index (χ4v) is 1.86. The second-order valence-corrected chi connectivity index (χ2v) is 4.23. The Balaban J connectivity index is 1.98. The van der Waals surface area contributed by atoms with E-state index in [0.29, 0.717) is 6.54 Å². The number of carbonyl (C=O) groups is 1. The lowest BCUT2D eigenvalue weighted by molar-refractivity contribution is 0.156. The summed E-state index contributed by atoms with van der Waals surface area (Å²) in [4.78, 5) is 27.0. The van der Waals surface area contributed by atoms with Crippen molar-refractivity contribution in [3.63, 3.8) is 0 Å². The van der Waals surface area contributed by atoms with Crippen molar-refractivity contribution in [1.29, 1.82) is 0 Å². The summed E-state index contributed by atoms with van der Waals surface area (Å²) in [6.07, 6.45) is -0.777. The molecular weight excluding hydrogens is 248 g/mol. The SMILES string of the molecule is CC(NCCOC(N)=O)c1ccc2[nH]c(=O)[nH]c2c1. The van der Waals surface area contributed by atoms with E-state index in [9.17, 15) is 9.59 Å². The van der Waals surface area contributed by atoms with Gasteiger partial charge in [0, 0.05) is 12.6 Å². The lowest BCUT2D eigenvalue weighted by Gasteiger charge is -2.14. The zero-order chi connectivity index (χ0) is 13.8. The summed E-state index contributed by atoms with van der Waals surface area (Å²) in [6.45, 7) is 2.71. The number of amides is 1. The number of rotatable bonds is 5. The number of nitrogens with two attached hydrogens (primary N) is 1.